The molecule has 3 aliphatic heterocycles. The molecule has 0 spiro atoms. The minimum atomic E-state index is -0.819. The highest BCUT2D eigenvalue weighted by Crippen LogP contribution is 2.42. The second kappa shape index (κ2) is 8.30. The van der Waals surface area contributed by atoms with Crippen molar-refractivity contribution in [3.8, 4) is 0 Å². The number of hydrogen-bond acceptors (Lipinski definition) is 2. The maximum absolute atomic E-state index is 11.7. The zero-order valence-electron chi connectivity index (χ0n) is 16.1. The van der Waals surface area contributed by atoms with Crippen LogP contribution in [-0.2, 0) is 10.3 Å². The first kappa shape index (κ1) is 20.3. The van der Waals surface area contributed by atoms with Crippen LogP contribution in [0.15, 0.2) is 30.3 Å². The predicted molar refractivity (Wildman–Crippen MR) is 100 cm³/mol. The van der Waals surface area contributed by atoms with Crippen LogP contribution in [-0.4, -0.2) is 48.5 Å². The number of ether oxygens (including phenoxy) is 1. The van der Waals surface area contributed by atoms with E-state index in [1.807, 2.05) is 18.2 Å². The Morgan fingerprint density at radius 1 is 1.08 bits per heavy atom. The van der Waals surface area contributed by atoms with E-state index >= 15 is 0 Å². The Labute approximate surface area is 169 Å². The van der Waals surface area contributed by atoms with Gasteiger partial charge in [0, 0.05) is 18.8 Å². The van der Waals surface area contributed by atoms with Crippen LogP contribution in [0.25, 0.3) is 0 Å². The molecule has 1 aliphatic carbocycles. The topological polar surface area (TPSA) is 29.5 Å². The Morgan fingerprint density at radius 3 is 2.35 bits per heavy atom. The number of benzene rings is 1. The van der Waals surface area contributed by atoms with Gasteiger partial charge in [0.15, 0.2) is 0 Å². The molecule has 1 saturated carbocycles. The highest BCUT2D eigenvalue weighted by atomic mass is 79.9. The molecule has 146 valence electrons. The number of nitrogens with zero attached hydrogens (tertiary/aromatic N) is 1. The molecule has 3 nitrogen and oxygen atoms in total. The number of likely N-dealkylation sites (N-methyl/N-ethyl adjacent to an activating group) is 1. The number of piperidine rings is 3. The molecule has 4 aliphatic rings. The van der Waals surface area contributed by atoms with Crippen molar-refractivity contribution >= 4 is 0 Å². The monoisotopic (exact) mass is 423 g/mol. The van der Waals surface area contributed by atoms with Crippen molar-refractivity contribution in [3.05, 3.63) is 35.9 Å². The van der Waals surface area contributed by atoms with Crippen LogP contribution in [0.1, 0.15) is 51.0 Å². The zero-order valence-corrected chi connectivity index (χ0v) is 17.7. The number of hydrogen-bond donors (Lipinski definition) is 1. The molecule has 26 heavy (non-hydrogen) atoms. The summed E-state index contributed by atoms with van der Waals surface area (Å²) in [7, 11) is 0. The fourth-order valence-electron chi connectivity index (χ4n) is 5.66. The van der Waals surface area contributed by atoms with E-state index in [0.717, 1.165) is 24.9 Å². The van der Waals surface area contributed by atoms with Gasteiger partial charge in [0.25, 0.3) is 0 Å². The van der Waals surface area contributed by atoms with E-state index in [9.17, 15) is 5.11 Å². The molecule has 0 unspecified atom stereocenters. The number of fused-ring (bicyclic) bond motifs is 3. The van der Waals surface area contributed by atoms with Crippen LogP contribution in [0.5, 0.6) is 0 Å². The molecule has 1 N–H and O–H groups in total. The van der Waals surface area contributed by atoms with Gasteiger partial charge in [-0.15, -0.1) is 0 Å². The lowest BCUT2D eigenvalue weighted by Crippen LogP contribution is -3.00. The number of rotatable bonds is 6. The van der Waals surface area contributed by atoms with E-state index in [1.165, 1.54) is 49.8 Å². The van der Waals surface area contributed by atoms with Gasteiger partial charge >= 0.3 is 0 Å². The Morgan fingerprint density at radius 2 is 1.73 bits per heavy atom. The van der Waals surface area contributed by atoms with Crippen molar-refractivity contribution in [1.82, 2.24) is 0 Å². The molecule has 3 heterocycles. The smallest absolute Gasteiger partial charge is 0.116 e. The van der Waals surface area contributed by atoms with E-state index in [2.05, 4.69) is 19.1 Å². The summed E-state index contributed by atoms with van der Waals surface area (Å²) in [5, 5.41) is 11.7. The van der Waals surface area contributed by atoms with Crippen molar-refractivity contribution in [2.75, 3.05) is 32.8 Å². The molecule has 0 radical (unpaired) electrons. The predicted octanol–water partition coefficient (Wildman–Crippen LogP) is 0.714. The summed E-state index contributed by atoms with van der Waals surface area (Å²) >= 11 is 0. The van der Waals surface area contributed by atoms with Crippen LogP contribution in [0.2, 0.25) is 0 Å². The average molecular weight is 424 g/mol. The molecule has 4 fully saturated rings. The van der Waals surface area contributed by atoms with Crippen molar-refractivity contribution in [1.29, 1.82) is 0 Å². The third-order valence-corrected chi connectivity index (χ3v) is 7.53. The summed E-state index contributed by atoms with van der Waals surface area (Å²) in [4.78, 5) is 0. The standard InChI is InChI=1S/C22H34NO2.BrH/c1-2-23-14-12-18(13-15-23)21(16-23)25-17-22(24,20-10-6-7-11-20)19-8-4-3-5-9-19;/h3-5,8-9,18,20-21,24H,2,6-7,10-17H2,1H3;1H/q+1;/p-1/t18?,21-,22-,23?;/m0./s1. The Balaban J connectivity index is 0.00000196. The third kappa shape index (κ3) is 3.76. The van der Waals surface area contributed by atoms with Crippen LogP contribution >= 0.6 is 0 Å². The van der Waals surface area contributed by atoms with E-state index in [4.69, 9.17) is 4.74 Å². The lowest BCUT2D eigenvalue weighted by atomic mass is 9.80. The molecule has 0 aromatic heterocycles. The minimum Gasteiger partial charge on any atom is -1.00 e. The van der Waals surface area contributed by atoms with Gasteiger partial charge < -0.3 is 31.3 Å². The number of aliphatic hydroxyl groups is 1. The van der Waals surface area contributed by atoms with E-state index < -0.39 is 5.60 Å². The van der Waals surface area contributed by atoms with Crippen LogP contribution < -0.4 is 17.0 Å². The SMILES string of the molecule is CC[N+]12CCC(CC1)[C@@H](OC[C@](O)(c1ccccc1)C1CCCC1)C2.[Br-]. The molecular formula is C22H34BrNO2. The quantitative estimate of drug-likeness (QED) is 0.682. The maximum Gasteiger partial charge on any atom is 0.116 e. The van der Waals surface area contributed by atoms with Gasteiger partial charge in [-0.05, 0) is 31.2 Å². The van der Waals surface area contributed by atoms with Crippen molar-refractivity contribution < 1.29 is 31.3 Å². The lowest BCUT2D eigenvalue weighted by molar-refractivity contribution is -0.945. The Kier molecular flexibility index (Phi) is 6.49. The van der Waals surface area contributed by atoms with Gasteiger partial charge in [0.05, 0.1) is 26.2 Å². The third-order valence-electron chi connectivity index (χ3n) is 7.53. The Hall–Kier alpha value is -0.420. The molecule has 2 atom stereocenters. The Bertz CT molecular complexity index is 567. The fourth-order valence-corrected chi connectivity index (χ4v) is 5.66. The average Bonchev–Trinajstić information content (AvgIpc) is 3.23. The van der Waals surface area contributed by atoms with Crippen molar-refractivity contribution in [3.63, 3.8) is 0 Å². The first-order valence-corrected chi connectivity index (χ1v) is 10.4. The fraction of sp³-hybridized carbons (Fsp3) is 0.727. The molecule has 1 aromatic rings. The van der Waals surface area contributed by atoms with Crippen LogP contribution in [0.4, 0.5) is 0 Å². The van der Waals surface area contributed by atoms with E-state index in [0.29, 0.717) is 24.5 Å². The van der Waals surface area contributed by atoms with Gasteiger partial charge in [0.1, 0.15) is 18.2 Å². The highest BCUT2D eigenvalue weighted by molar-refractivity contribution is 5.24. The first-order chi connectivity index (χ1) is 12.2. The second-order valence-corrected chi connectivity index (χ2v) is 8.75. The van der Waals surface area contributed by atoms with E-state index in [1.54, 1.807) is 0 Å². The molecular weight excluding hydrogens is 390 g/mol. The van der Waals surface area contributed by atoms with Crippen molar-refractivity contribution in [2.45, 2.75) is 57.2 Å². The maximum atomic E-state index is 11.7. The minimum absolute atomic E-state index is 0. The van der Waals surface area contributed by atoms with Gasteiger partial charge in [-0.2, -0.15) is 0 Å². The molecule has 4 heteroatoms. The van der Waals surface area contributed by atoms with Gasteiger partial charge in [0.2, 0.25) is 0 Å². The summed E-state index contributed by atoms with van der Waals surface area (Å²) < 4.78 is 7.74. The molecule has 3 saturated heterocycles. The molecule has 1 aromatic carbocycles. The van der Waals surface area contributed by atoms with Crippen LogP contribution in [0.3, 0.4) is 0 Å². The summed E-state index contributed by atoms with van der Waals surface area (Å²) in [6, 6.07) is 10.3. The number of quaternary nitrogens is 1. The van der Waals surface area contributed by atoms with Crippen molar-refractivity contribution in [2.24, 2.45) is 11.8 Å². The molecule has 2 bridgehead atoms. The first-order valence-electron chi connectivity index (χ1n) is 10.4. The van der Waals surface area contributed by atoms with Gasteiger partial charge in [-0.25, -0.2) is 0 Å². The molecule has 0 amide bonds. The number of halogens is 1. The van der Waals surface area contributed by atoms with Gasteiger partial charge in [-0.3, -0.25) is 0 Å². The second-order valence-electron chi connectivity index (χ2n) is 8.75. The lowest BCUT2D eigenvalue weighted by Gasteiger charge is -2.52. The molecule has 5 rings (SSSR count). The van der Waals surface area contributed by atoms with Gasteiger partial charge in [-0.1, -0.05) is 43.2 Å². The summed E-state index contributed by atoms with van der Waals surface area (Å²) in [5.41, 5.74) is 0.225. The normalized spacial score (nSPS) is 33.6. The van der Waals surface area contributed by atoms with E-state index in [-0.39, 0.29) is 17.0 Å². The largest absolute Gasteiger partial charge is 1.00 e. The van der Waals surface area contributed by atoms with Crippen LogP contribution in [0, 0.1) is 11.8 Å². The zero-order chi connectivity index (χ0) is 17.3. The summed E-state index contributed by atoms with van der Waals surface area (Å²) in [6.07, 6.45) is 7.65. The highest BCUT2D eigenvalue weighted by Gasteiger charge is 2.47. The summed E-state index contributed by atoms with van der Waals surface area (Å²) in [6.45, 7) is 7.81. The summed E-state index contributed by atoms with van der Waals surface area (Å²) in [5.74, 6) is 1.04.